The average molecular weight is 393 g/mol. The van der Waals surface area contributed by atoms with Gasteiger partial charge in [-0.3, -0.25) is 0 Å². The fraction of sp³-hybridized carbons (Fsp3) is 0.444. The Bertz CT molecular complexity index is 854. The molecule has 1 aromatic heterocycles. The number of rotatable bonds is 7. The number of methoxy groups -OCH3 is 1. The van der Waals surface area contributed by atoms with E-state index < -0.39 is 10.0 Å². The topological polar surface area (TPSA) is 90.9 Å². The maximum absolute atomic E-state index is 12.8. The van der Waals surface area contributed by atoms with Crippen molar-refractivity contribution in [3.8, 4) is 17.5 Å². The second-order valence-electron chi connectivity index (χ2n) is 6.44. The van der Waals surface area contributed by atoms with Crippen molar-refractivity contribution in [2.75, 3.05) is 20.2 Å². The zero-order valence-electron chi connectivity index (χ0n) is 15.5. The van der Waals surface area contributed by atoms with Crippen molar-refractivity contribution in [2.45, 2.75) is 37.4 Å². The minimum absolute atomic E-state index is 0.0324. The summed E-state index contributed by atoms with van der Waals surface area (Å²) in [6.07, 6.45) is 0.345. The number of nitrogens with zero attached hydrogens (tertiary/aromatic N) is 3. The van der Waals surface area contributed by atoms with Crippen molar-refractivity contribution in [3.63, 3.8) is 0 Å². The Morgan fingerprint density at radius 3 is 2.33 bits per heavy atom. The molecule has 2 aromatic rings. The summed E-state index contributed by atoms with van der Waals surface area (Å²) in [6.45, 7) is 4.49. The lowest BCUT2D eigenvalue weighted by Crippen LogP contribution is -2.31. The summed E-state index contributed by atoms with van der Waals surface area (Å²) < 4.78 is 43.3. The summed E-state index contributed by atoms with van der Waals surface area (Å²) in [5, 5.41) is 7.75. The van der Waals surface area contributed by atoms with Crippen LogP contribution in [-0.4, -0.2) is 55.3 Å². The minimum atomic E-state index is -3.58. The van der Waals surface area contributed by atoms with Crippen molar-refractivity contribution in [1.82, 2.24) is 14.5 Å². The first-order valence-electron chi connectivity index (χ1n) is 8.69. The predicted octanol–water partition coefficient (Wildman–Crippen LogP) is 2.11. The molecule has 27 heavy (non-hydrogen) atoms. The van der Waals surface area contributed by atoms with Crippen LogP contribution in [0.4, 0.5) is 0 Å². The predicted molar refractivity (Wildman–Crippen MR) is 98.6 cm³/mol. The zero-order valence-corrected chi connectivity index (χ0v) is 16.3. The van der Waals surface area contributed by atoms with E-state index in [2.05, 4.69) is 10.2 Å². The summed E-state index contributed by atoms with van der Waals surface area (Å²) in [7, 11) is -2.07. The highest BCUT2D eigenvalue weighted by Crippen LogP contribution is 2.25. The van der Waals surface area contributed by atoms with Gasteiger partial charge in [-0.05, 0) is 44.5 Å². The number of sulfonamides is 1. The molecule has 8 nitrogen and oxygen atoms in total. The molecule has 0 bridgehead atoms. The Labute approximate surface area is 159 Å². The Balaban J connectivity index is 1.64. The molecule has 1 aromatic carbocycles. The van der Waals surface area contributed by atoms with E-state index in [0.29, 0.717) is 30.5 Å². The first kappa shape index (κ1) is 19.4. The molecular weight excluding hydrogens is 370 g/mol. The first-order chi connectivity index (χ1) is 12.9. The molecule has 3 rings (SSSR count). The summed E-state index contributed by atoms with van der Waals surface area (Å²) in [5.41, 5.74) is 0. The van der Waals surface area contributed by atoms with Gasteiger partial charge in [0.1, 0.15) is 11.9 Å². The third-order valence-electron chi connectivity index (χ3n) is 4.05. The smallest absolute Gasteiger partial charge is 0.243 e. The van der Waals surface area contributed by atoms with E-state index in [9.17, 15) is 8.42 Å². The number of ether oxygens (including phenoxy) is 3. The van der Waals surface area contributed by atoms with E-state index >= 15 is 0 Å². The summed E-state index contributed by atoms with van der Waals surface area (Å²) in [4.78, 5) is 0.239. The van der Waals surface area contributed by atoms with E-state index in [1.807, 2.05) is 13.8 Å². The molecule has 1 aliphatic rings. The average Bonchev–Trinajstić information content (AvgIpc) is 3.12. The fourth-order valence-electron chi connectivity index (χ4n) is 2.77. The highest BCUT2D eigenvalue weighted by molar-refractivity contribution is 7.89. The number of aromatic nitrogens is 2. The van der Waals surface area contributed by atoms with Gasteiger partial charge in [0.15, 0.2) is 0 Å². The maximum atomic E-state index is 12.8. The quantitative estimate of drug-likeness (QED) is 0.711. The molecule has 1 unspecified atom stereocenters. The van der Waals surface area contributed by atoms with Crippen LogP contribution in [0.15, 0.2) is 41.3 Å². The van der Waals surface area contributed by atoms with Gasteiger partial charge < -0.3 is 14.2 Å². The van der Waals surface area contributed by atoms with Crippen LogP contribution in [0.5, 0.6) is 17.5 Å². The minimum Gasteiger partial charge on any atom is -0.491 e. The molecule has 1 saturated heterocycles. The van der Waals surface area contributed by atoms with Crippen molar-refractivity contribution >= 4 is 10.0 Å². The highest BCUT2D eigenvalue weighted by Gasteiger charge is 2.33. The molecule has 0 radical (unpaired) electrons. The van der Waals surface area contributed by atoms with E-state index in [1.54, 1.807) is 36.4 Å². The molecule has 9 heteroatoms. The van der Waals surface area contributed by atoms with Gasteiger partial charge in [-0.15, -0.1) is 10.2 Å². The third kappa shape index (κ3) is 4.67. The van der Waals surface area contributed by atoms with Gasteiger partial charge in [0, 0.05) is 18.7 Å². The lowest BCUT2D eigenvalue weighted by Gasteiger charge is -2.17. The highest BCUT2D eigenvalue weighted by atomic mass is 32.2. The largest absolute Gasteiger partial charge is 0.491 e. The van der Waals surface area contributed by atoms with Gasteiger partial charge in [0.25, 0.3) is 0 Å². The van der Waals surface area contributed by atoms with Crippen LogP contribution < -0.4 is 14.2 Å². The van der Waals surface area contributed by atoms with Crippen LogP contribution in [0.2, 0.25) is 0 Å². The van der Waals surface area contributed by atoms with Crippen LogP contribution in [0.3, 0.4) is 0 Å². The second kappa shape index (κ2) is 8.10. The Kier molecular flexibility index (Phi) is 5.81. The van der Waals surface area contributed by atoms with E-state index in [0.717, 1.165) is 0 Å². The van der Waals surface area contributed by atoms with Crippen LogP contribution in [0.1, 0.15) is 20.3 Å². The number of hydrogen-bond donors (Lipinski definition) is 0. The molecule has 0 saturated carbocycles. The number of hydrogen-bond acceptors (Lipinski definition) is 7. The normalized spacial score (nSPS) is 17.9. The molecule has 1 aliphatic heterocycles. The second-order valence-corrected chi connectivity index (χ2v) is 8.38. The van der Waals surface area contributed by atoms with Gasteiger partial charge in [-0.25, -0.2) is 8.42 Å². The summed E-state index contributed by atoms with van der Waals surface area (Å²) >= 11 is 0. The molecule has 0 N–H and O–H groups in total. The van der Waals surface area contributed by atoms with Gasteiger partial charge in [0.05, 0.1) is 24.7 Å². The first-order valence-corrected chi connectivity index (χ1v) is 10.1. The van der Waals surface area contributed by atoms with Crippen LogP contribution in [0, 0.1) is 0 Å². The summed E-state index contributed by atoms with van der Waals surface area (Å²) in [5.74, 6) is 1.38. The third-order valence-corrected chi connectivity index (χ3v) is 5.93. The SMILES string of the molecule is COc1ccc(OC2CCN(S(=O)(=O)c3ccc(OC(C)C)cc3)C2)nn1. The maximum Gasteiger partial charge on any atom is 0.243 e. The molecule has 1 atom stereocenters. The van der Waals surface area contributed by atoms with Crippen molar-refractivity contribution in [3.05, 3.63) is 36.4 Å². The van der Waals surface area contributed by atoms with Crippen LogP contribution in [0.25, 0.3) is 0 Å². The lowest BCUT2D eigenvalue weighted by molar-refractivity contribution is 0.203. The molecule has 0 aliphatic carbocycles. The van der Waals surface area contributed by atoms with Crippen LogP contribution >= 0.6 is 0 Å². The molecule has 0 amide bonds. The molecule has 1 fully saturated rings. The molecule has 0 spiro atoms. The van der Waals surface area contributed by atoms with Crippen molar-refractivity contribution < 1.29 is 22.6 Å². The summed E-state index contributed by atoms with van der Waals surface area (Å²) in [6, 6.07) is 9.77. The molecule has 146 valence electrons. The Morgan fingerprint density at radius 1 is 1.07 bits per heavy atom. The van der Waals surface area contributed by atoms with Crippen LogP contribution in [-0.2, 0) is 10.0 Å². The van der Waals surface area contributed by atoms with E-state index in [-0.39, 0.29) is 23.6 Å². The zero-order chi connectivity index (χ0) is 19.4. The molecular formula is C18H23N3O5S. The monoisotopic (exact) mass is 393 g/mol. The lowest BCUT2D eigenvalue weighted by atomic mass is 10.3. The van der Waals surface area contributed by atoms with Crippen molar-refractivity contribution in [1.29, 1.82) is 0 Å². The van der Waals surface area contributed by atoms with Gasteiger partial charge in [-0.2, -0.15) is 4.31 Å². The fourth-order valence-corrected chi connectivity index (χ4v) is 4.26. The van der Waals surface area contributed by atoms with Gasteiger partial charge in [0.2, 0.25) is 21.8 Å². The number of benzene rings is 1. The van der Waals surface area contributed by atoms with E-state index in [1.165, 1.54) is 11.4 Å². The standard InChI is InChI=1S/C18H23N3O5S/c1-13(2)25-14-4-6-16(7-5-14)27(22,23)21-11-10-15(12-21)26-18-9-8-17(24-3)19-20-18/h4-9,13,15H,10-12H2,1-3H3. The van der Waals surface area contributed by atoms with Gasteiger partial charge in [-0.1, -0.05) is 0 Å². The van der Waals surface area contributed by atoms with E-state index in [4.69, 9.17) is 14.2 Å². The van der Waals surface area contributed by atoms with Gasteiger partial charge >= 0.3 is 0 Å². The Hall–Kier alpha value is -2.39. The van der Waals surface area contributed by atoms with Crippen molar-refractivity contribution in [2.24, 2.45) is 0 Å². The Morgan fingerprint density at radius 2 is 1.74 bits per heavy atom. The molecule has 2 heterocycles.